The summed E-state index contributed by atoms with van der Waals surface area (Å²) in [4.78, 5) is 12.0. The Bertz CT molecular complexity index is 558. The standard InChI is InChI=1S/C16H20N2O2/c1-5-16(3,11-17)18-15(19)10-12(2)13-8-6-7-9-14(13)20-4/h6-10H,5H2,1-4H3,(H,18,19)/b12-10+/t16-/m0/s1. The summed E-state index contributed by atoms with van der Waals surface area (Å²) in [5, 5.41) is 11.8. The number of nitriles is 1. The van der Waals surface area contributed by atoms with Crippen LogP contribution in [-0.4, -0.2) is 18.6 Å². The lowest BCUT2D eigenvalue weighted by Gasteiger charge is -2.20. The average molecular weight is 272 g/mol. The van der Waals surface area contributed by atoms with Gasteiger partial charge in [-0.05, 0) is 31.9 Å². The van der Waals surface area contributed by atoms with E-state index in [4.69, 9.17) is 10.00 Å². The molecule has 0 bridgehead atoms. The van der Waals surface area contributed by atoms with Gasteiger partial charge in [-0.2, -0.15) is 5.26 Å². The van der Waals surface area contributed by atoms with E-state index in [2.05, 4.69) is 11.4 Å². The monoisotopic (exact) mass is 272 g/mol. The first-order valence-corrected chi connectivity index (χ1v) is 6.51. The zero-order chi connectivity index (χ0) is 15.2. The van der Waals surface area contributed by atoms with Gasteiger partial charge in [0.15, 0.2) is 0 Å². The number of rotatable bonds is 5. The van der Waals surface area contributed by atoms with Crippen molar-refractivity contribution >= 4 is 11.5 Å². The molecule has 1 aromatic carbocycles. The molecule has 0 aliphatic heterocycles. The minimum absolute atomic E-state index is 0.278. The van der Waals surface area contributed by atoms with Gasteiger partial charge in [0.2, 0.25) is 5.91 Å². The van der Waals surface area contributed by atoms with Gasteiger partial charge < -0.3 is 10.1 Å². The Morgan fingerprint density at radius 1 is 1.50 bits per heavy atom. The summed E-state index contributed by atoms with van der Waals surface area (Å²) in [6, 6.07) is 9.60. The number of carbonyl (C=O) groups excluding carboxylic acids is 1. The minimum Gasteiger partial charge on any atom is -0.496 e. The van der Waals surface area contributed by atoms with Gasteiger partial charge in [0.25, 0.3) is 0 Å². The molecule has 0 saturated carbocycles. The summed E-state index contributed by atoms with van der Waals surface area (Å²) >= 11 is 0. The molecule has 0 aromatic heterocycles. The third-order valence-corrected chi connectivity index (χ3v) is 3.23. The average Bonchev–Trinajstić information content (AvgIpc) is 2.46. The maximum atomic E-state index is 12.0. The highest BCUT2D eigenvalue weighted by Gasteiger charge is 2.22. The van der Waals surface area contributed by atoms with Crippen LogP contribution < -0.4 is 10.1 Å². The van der Waals surface area contributed by atoms with E-state index in [0.717, 1.165) is 11.1 Å². The molecule has 106 valence electrons. The molecule has 0 spiro atoms. The number of carbonyl (C=O) groups is 1. The van der Waals surface area contributed by atoms with Gasteiger partial charge in [-0.15, -0.1) is 0 Å². The molecule has 4 nitrogen and oxygen atoms in total. The summed E-state index contributed by atoms with van der Waals surface area (Å²) in [7, 11) is 1.59. The molecule has 0 unspecified atom stereocenters. The Balaban J connectivity index is 2.94. The van der Waals surface area contributed by atoms with Crippen LogP contribution in [0.1, 0.15) is 32.8 Å². The summed E-state index contributed by atoms with van der Waals surface area (Å²) in [5.74, 6) is 0.437. The first kappa shape index (κ1) is 15.8. The van der Waals surface area contributed by atoms with E-state index >= 15 is 0 Å². The molecule has 0 aliphatic carbocycles. The first-order valence-electron chi connectivity index (χ1n) is 6.51. The van der Waals surface area contributed by atoms with Crippen molar-refractivity contribution < 1.29 is 9.53 Å². The van der Waals surface area contributed by atoms with Crippen LogP contribution in [0.5, 0.6) is 5.75 Å². The fourth-order valence-electron chi connectivity index (χ4n) is 1.75. The predicted octanol–water partition coefficient (Wildman–Crippen LogP) is 2.91. The number of para-hydroxylation sites is 1. The van der Waals surface area contributed by atoms with Crippen molar-refractivity contribution in [3.8, 4) is 11.8 Å². The molecular formula is C16H20N2O2. The molecule has 1 amide bonds. The summed E-state index contributed by atoms with van der Waals surface area (Å²) in [5.41, 5.74) is 0.811. The first-order chi connectivity index (χ1) is 9.45. The van der Waals surface area contributed by atoms with E-state index in [-0.39, 0.29) is 5.91 Å². The normalized spacial score (nSPS) is 14.1. The lowest BCUT2D eigenvalue weighted by molar-refractivity contribution is -0.117. The van der Waals surface area contributed by atoms with Crippen molar-refractivity contribution in [1.29, 1.82) is 5.26 Å². The molecule has 4 heteroatoms. The van der Waals surface area contributed by atoms with Crippen LogP contribution in [0.4, 0.5) is 0 Å². The number of hydrogen-bond donors (Lipinski definition) is 1. The second kappa shape index (κ2) is 6.76. The summed E-state index contributed by atoms with van der Waals surface area (Å²) < 4.78 is 5.27. The largest absolute Gasteiger partial charge is 0.496 e. The highest BCUT2D eigenvalue weighted by molar-refractivity contribution is 5.96. The van der Waals surface area contributed by atoms with E-state index in [0.29, 0.717) is 12.2 Å². The van der Waals surface area contributed by atoms with Crippen molar-refractivity contribution in [2.45, 2.75) is 32.7 Å². The number of benzene rings is 1. The van der Waals surface area contributed by atoms with Crippen LogP contribution in [0.15, 0.2) is 30.3 Å². The number of methoxy groups -OCH3 is 1. The second-order valence-electron chi connectivity index (χ2n) is 4.81. The minimum atomic E-state index is -0.839. The fourth-order valence-corrected chi connectivity index (χ4v) is 1.75. The SMILES string of the molecule is CC[C@@](C)(C#N)NC(=O)/C=C(\C)c1ccccc1OC. The van der Waals surface area contributed by atoms with Crippen molar-refractivity contribution in [3.63, 3.8) is 0 Å². The molecule has 0 heterocycles. The third-order valence-electron chi connectivity index (χ3n) is 3.23. The lowest BCUT2D eigenvalue weighted by atomic mass is 10.0. The lowest BCUT2D eigenvalue weighted by Crippen LogP contribution is -2.43. The third kappa shape index (κ3) is 3.86. The number of hydrogen-bond acceptors (Lipinski definition) is 3. The number of nitrogens with one attached hydrogen (secondary N) is 1. The van der Waals surface area contributed by atoms with Gasteiger partial charge in [0.05, 0.1) is 13.2 Å². The highest BCUT2D eigenvalue weighted by Crippen LogP contribution is 2.25. The Morgan fingerprint density at radius 3 is 2.70 bits per heavy atom. The molecule has 1 atom stereocenters. The summed E-state index contributed by atoms with van der Waals surface area (Å²) in [6.07, 6.45) is 2.04. The maximum Gasteiger partial charge on any atom is 0.245 e. The zero-order valence-electron chi connectivity index (χ0n) is 12.4. The molecule has 0 saturated heterocycles. The molecule has 20 heavy (non-hydrogen) atoms. The Hall–Kier alpha value is -2.28. The number of amides is 1. The number of ether oxygens (including phenoxy) is 1. The number of nitrogens with zero attached hydrogens (tertiary/aromatic N) is 1. The van der Waals surface area contributed by atoms with Crippen LogP contribution >= 0.6 is 0 Å². The van der Waals surface area contributed by atoms with Crippen LogP contribution in [0, 0.1) is 11.3 Å². The highest BCUT2D eigenvalue weighted by atomic mass is 16.5. The topological polar surface area (TPSA) is 62.1 Å². The van der Waals surface area contributed by atoms with Crippen molar-refractivity contribution in [2.75, 3.05) is 7.11 Å². The second-order valence-corrected chi connectivity index (χ2v) is 4.81. The molecule has 0 aliphatic rings. The van der Waals surface area contributed by atoms with Gasteiger partial charge >= 0.3 is 0 Å². The van der Waals surface area contributed by atoms with E-state index in [1.807, 2.05) is 38.1 Å². The van der Waals surface area contributed by atoms with Gasteiger partial charge in [-0.3, -0.25) is 4.79 Å². The summed E-state index contributed by atoms with van der Waals surface area (Å²) in [6.45, 7) is 5.41. The van der Waals surface area contributed by atoms with Crippen molar-refractivity contribution in [1.82, 2.24) is 5.32 Å². The molecule has 1 rings (SSSR count). The van der Waals surface area contributed by atoms with Crippen LogP contribution in [0.25, 0.3) is 5.57 Å². The number of allylic oxidation sites excluding steroid dienone is 1. The van der Waals surface area contributed by atoms with Gasteiger partial charge in [-0.1, -0.05) is 25.1 Å². The molecule has 0 radical (unpaired) electrons. The fraction of sp³-hybridized carbons (Fsp3) is 0.375. The van der Waals surface area contributed by atoms with Crippen LogP contribution in [0.3, 0.4) is 0 Å². The van der Waals surface area contributed by atoms with Gasteiger partial charge in [-0.25, -0.2) is 0 Å². The predicted molar refractivity (Wildman–Crippen MR) is 79.1 cm³/mol. The molecule has 0 fully saturated rings. The quantitative estimate of drug-likeness (QED) is 0.838. The van der Waals surface area contributed by atoms with Crippen molar-refractivity contribution in [2.24, 2.45) is 0 Å². The van der Waals surface area contributed by atoms with E-state index in [9.17, 15) is 4.79 Å². The Morgan fingerprint density at radius 2 is 2.15 bits per heavy atom. The van der Waals surface area contributed by atoms with E-state index in [1.165, 1.54) is 6.08 Å². The van der Waals surface area contributed by atoms with Crippen molar-refractivity contribution in [3.05, 3.63) is 35.9 Å². The zero-order valence-corrected chi connectivity index (χ0v) is 12.4. The maximum absolute atomic E-state index is 12.0. The van der Waals surface area contributed by atoms with Crippen LogP contribution in [-0.2, 0) is 4.79 Å². The smallest absolute Gasteiger partial charge is 0.245 e. The van der Waals surface area contributed by atoms with Gasteiger partial charge in [0, 0.05) is 11.6 Å². The molecule has 1 aromatic rings. The molecule has 1 N–H and O–H groups in total. The van der Waals surface area contributed by atoms with Crippen LogP contribution in [0.2, 0.25) is 0 Å². The Kier molecular flexibility index (Phi) is 5.33. The Labute approximate surface area is 120 Å². The van der Waals surface area contributed by atoms with E-state index in [1.54, 1.807) is 14.0 Å². The van der Waals surface area contributed by atoms with E-state index < -0.39 is 5.54 Å². The van der Waals surface area contributed by atoms with Gasteiger partial charge in [0.1, 0.15) is 11.3 Å². The molecular weight excluding hydrogens is 252 g/mol.